The molecule has 7 heteroatoms. The summed E-state index contributed by atoms with van der Waals surface area (Å²) in [4.78, 5) is 28.3. The highest BCUT2D eigenvalue weighted by molar-refractivity contribution is 6.00. The number of benzene rings is 2. The van der Waals surface area contributed by atoms with Crippen LogP contribution in [0.25, 0.3) is 16.4 Å². The summed E-state index contributed by atoms with van der Waals surface area (Å²) < 4.78 is 1.74. The van der Waals surface area contributed by atoms with E-state index in [4.69, 9.17) is 0 Å². The number of imidazole rings is 1. The summed E-state index contributed by atoms with van der Waals surface area (Å²) >= 11 is 0. The maximum absolute atomic E-state index is 12.4. The van der Waals surface area contributed by atoms with Crippen molar-refractivity contribution < 1.29 is 9.59 Å². The number of hydrogen-bond acceptors (Lipinski definition) is 4. The van der Waals surface area contributed by atoms with Gasteiger partial charge in [-0.2, -0.15) is 5.10 Å². The van der Waals surface area contributed by atoms with Crippen molar-refractivity contribution >= 4 is 28.4 Å². The molecule has 2 aliphatic rings. The number of imide groups is 1. The van der Waals surface area contributed by atoms with Crippen molar-refractivity contribution in [2.24, 2.45) is 0 Å². The predicted molar refractivity (Wildman–Crippen MR) is 111 cm³/mol. The second-order valence-corrected chi connectivity index (χ2v) is 7.99. The van der Waals surface area contributed by atoms with Crippen molar-refractivity contribution in [3.63, 3.8) is 0 Å². The highest BCUT2D eigenvalue weighted by Gasteiger charge is 2.42. The highest BCUT2D eigenvalue weighted by Crippen LogP contribution is 2.56. The third kappa shape index (κ3) is 2.66. The third-order valence-corrected chi connectivity index (χ3v) is 6.20. The van der Waals surface area contributed by atoms with E-state index in [1.807, 2.05) is 6.07 Å². The Bertz CT molecular complexity index is 1320. The van der Waals surface area contributed by atoms with Crippen molar-refractivity contribution in [1.82, 2.24) is 25.2 Å². The van der Waals surface area contributed by atoms with Crippen molar-refractivity contribution in [2.45, 2.75) is 24.2 Å². The predicted octanol–water partition coefficient (Wildman–Crippen LogP) is 3.08. The average Bonchev–Trinajstić information content (AvgIpc) is 3.40. The molecule has 0 spiro atoms. The summed E-state index contributed by atoms with van der Waals surface area (Å²) in [6, 6.07) is 16.5. The Balaban J connectivity index is 1.41. The Kier molecular flexibility index (Phi) is 3.65. The Hall–Kier alpha value is -3.74. The molecule has 148 valence electrons. The van der Waals surface area contributed by atoms with Gasteiger partial charge < -0.3 is 5.32 Å². The summed E-state index contributed by atoms with van der Waals surface area (Å²) in [6.45, 7) is 0.245. The monoisotopic (exact) mass is 397 g/mol. The van der Waals surface area contributed by atoms with Gasteiger partial charge in [-0.1, -0.05) is 42.5 Å². The molecule has 7 nitrogen and oxygen atoms in total. The summed E-state index contributed by atoms with van der Waals surface area (Å²) in [6.07, 6.45) is 4.57. The number of fused-ring (bicyclic) bond motifs is 2. The molecule has 1 saturated carbocycles. The van der Waals surface area contributed by atoms with Crippen LogP contribution in [0.4, 0.5) is 4.79 Å². The zero-order chi connectivity index (χ0) is 20.2. The van der Waals surface area contributed by atoms with E-state index in [-0.39, 0.29) is 12.5 Å². The molecule has 2 fully saturated rings. The first kappa shape index (κ1) is 17.1. The van der Waals surface area contributed by atoms with Crippen LogP contribution in [-0.4, -0.2) is 33.1 Å². The molecule has 2 aromatic carbocycles. The number of nitrogens with zero attached hydrogens (tertiary/aromatic N) is 3. The largest absolute Gasteiger partial charge is 0.337 e. The molecule has 2 aromatic heterocycles. The third-order valence-electron chi connectivity index (χ3n) is 6.20. The number of amides is 3. The Morgan fingerprint density at radius 2 is 1.83 bits per heavy atom. The van der Waals surface area contributed by atoms with Gasteiger partial charge in [0.25, 0.3) is 0 Å². The van der Waals surface area contributed by atoms with Crippen molar-refractivity contribution in [3.8, 4) is 0 Å². The normalized spacial score (nSPS) is 23.4. The molecule has 1 aliphatic heterocycles. The minimum atomic E-state index is -0.511. The van der Waals surface area contributed by atoms with Gasteiger partial charge in [-0.25, -0.2) is 14.3 Å². The molecule has 30 heavy (non-hydrogen) atoms. The first-order chi connectivity index (χ1) is 14.7. The Morgan fingerprint density at radius 1 is 1.00 bits per heavy atom. The molecule has 1 aliphatic carbocycles. The minimum absolute atomic E-state index is 0.245. The van der Waals surface area contributed by atoms with Crippen LogP contribution in [-0.2, 0) is 4.79 Å². The van der Waals surface area contributed by atoms with E-state index < -0.39 is 11.9 Å². The second-order valence-electron chi connectivity index (χ2n) is 7.99. The quantitative estimate of drug-likeness (QED) is 0.556. The van der Waals surface area contributed by atoms with Gasteiger partial charge in [0.15, 0.2) is 5.65 Å². The van der Waals surface area contributed by atoms with Gasteiger partial charge in [-0.05, 0) is 40.7 Å². The van der Waals surface area contributed by atoms with E-state index in [1.165, 1.54) is 16.3 Å². The van der Waals surface area contributed by atoms with Crippen LogP contribution in [0.5, 0.6) is 0 Å². The van der Waals surface area contributed by atoms with Crippen LogP contribution in [0.3, 0.4) is 0 Å². The minimum Gasteiger partial charge on any atom is -0.337 e. The van der Waals surface area contributed by atoms with Gasteiger partial charge in [0.05, 0.1) is 11.6 Å². The lowest BCUT2D eigenvalue weighted by molar-refractivity contribution is -0.122. The van der Waals surface area contributed by atoms with Crippen LogP contribution in [0.1, 0.15) is 41.0 Å². The SMILES string of the molecule is O=C1NCC(c2cc([C@@H]3C[C@H]3c3cccc4ccccc34)c3nccn3n2)C(=O)N1. The van der Waals surface area contributed by atoms with Crippen molar-refractivity contribution in [3.05, 3.63) is 77.7 Å². The van der Waals surface area contributed by atoms with Gasteiger partial charge in [0.2, 0.25) is 5.91 Å². The lowest BCUT2D eigenvalue weighted by Crippen LogP contribution is -2.51. The first-order valence-corrected chi connectivity index (χ1v) is 10.1. The van der Waals surface area contributed by atoms with E-state index in [0.29, 0.717) is 17.5 Å². The molecule has 1 unspecified atom stereocenters. The molecule has 3 amide bonds. The second kappa shape index (κ2) is 6.38. The number of hydrogen-bond donors (Lipinski definition) is 2. The molecular weight excluding hydrogens is 378 g/mol. The van der Waals surface area contributed by atoms with Crippen LogP contribution in [0.2, 0.25) is 0 Å². The zero-order valence-corrected chi connectivity index (χ0v) is 16.1. The summed E-state index contributed by atoms with van der Waals surface area (Å²) in [5.41, 5.74) is 3.93. The zero-order valence-electron chi connectivity index (χ0n) is 16.1. The molecule has 3 heterocycles. The maximum atomic E-state index is 12.4. The molecule has 3 atom stereocenters. The lowest BCUT2D eigenvalue weighted by Gasteiger charge is -2.22. The summed E-state index contributed by atoms with van der Waals surface area (Å²) in [5.74, 6) is -0.100. The number of carbonyl (C=O) groups is 2. The van der Waals surface area contributed by atoms with E-state index in [2.05, 4.69) is 63.2 Å². The molecule has 4 aromatic rings. The molecule has 0 radical (unpaired) electrons. The molecule has 0 bridgehead atoms. The molecule has 6 rings (SSSR count). The van der Waals surface area contributed by atoms with Crippen LogP contribution < -0.4 is 10.6 Å². The van der Waals surface area contributed by atoms with E-state index in [0.717, 1.165) is 17.6 Å². The molecular formula is C23H19N5O2. The topological polar surface area (TPSA) is 88.4 Å². The van der Waals surface area contributed by atoms with Crippen molar-refractivity contribution in [1.29, 1.82) is 0 Å². The van der Waals surface area contributed by atoms with E-state index >= 15 is 0 Å². The lowest BCUT2D eigenvalue weighted by atomic mass is 9.97. The average molecular weight is 397 g/mol. The highest BCUT2D eigenvalue weighted by atomic mass is 16.2. The van der Waals surface area contributed by atoms with Crippen molar-refractivity contribution in [2.75, 3.05) is 6.54 Å². The number of nitrogens with one attached hydrogen (secondary N) is 2. The van der Waals surface area contributed by atoms with Gasteiger partial charge in [-0.3, -0.25) is 10.1 Å². The van der Waals surface area contributed by atoms with Crippen LogP contribution in [0.15, 0.2) is 60.9 Å². The number of aromatic nitrogens is 3. The van der Waals surface area contributed by atoms with Gasteiger partial charge >= 0.3 is 6.03 Å². The summed E-state index contributed by atoms with van der Waals surface area (Å²) in [7, 11) is 0. The maximum Gasteiger partial charge on any atom is 0.321 e. The van der Waals surface area contributed by atoms with Gasteiger partial charge in [0, 0.05) is 24.5 Å². The van der Waals surface area contributed by atoms with E-state index in [9.17, 15) is 9.59 Å². The fourth-order valence-corrected chi connectivity index (χ4v) is 4.63. The molecule has 2 N–H and O–H groups in total. The van der Waals surface area contributed by atoms with E-state index in [1.54, 1.807) is 16.9 Å². The smallest absolute Gasteiger partial charge is 0.321 e. The Labute approximate surface area is 172 Å². The first-order valence-electron chi connectivity index (χ1n) is 10.1. The molecule has 1 saturated heterocycles. The standard InChI is InChI=1S/C23H19N5O2/c29-22-19(12-25-23(30)26-22)20-11-18(21-24-8-9-28(21)27-20)17-10-16(17)15-7-3-5-13-4-1-2-6-14(13)15/h1-9,11,16-17,19H,10,12H2,(H2,25,26,29,30)/t16-,17+,19?/m0/s1. The Morgan fingerprint density at radius 3 is 2.73 bits per heavy atom. The number of urea groups is 1. The fourth-order valence-electron chi connectivity index (χ4n) is 4.63. The van der Waals surface area contributed by atoms with Gasteiger partial charge in [0.1, 0.15) is 0 Å². The number of carbonyl (C=O) groups excluding carboxylic acids is 2. The van der Waals surface area contributed by atoms with Crippen LogP contribution in [0, 0.1) is 0 Å². The fraction of sp³-hybridized carbons (Fsp3) is 0.217. The van der Waals surface area contributed by atoms with Gasteiger partial charge in [-0.15, -0.1) is 0 Å². The van der Waals surface area contributed by atoms with Crippen LogP contribution >= 0.6 is 0 Å². The number of rotatable bonds is 3. The summed E-state index contributed by atoms with van der Waals surface area (Å²) in [5, 5.41) is 12.2.